The number of carbonyl (C=O) groups excluding carboxylic acids is 2. The number of furan rings is 1. The van der Waals surface area contributed by atoms with Crippen molar-refractivity contribution in [3.8, 4) is 0 Å². The summed E-state index contributed by atoms with van der Waals surface area (Å²) in [5.41, 5.74) is 1.89. The number of urea groups is 1. The Morgan fingerprint density at radius 1 is 1.11 bits per heavy atom. The molecule has 3 rings (SSSR count). The largest absolute Gasteiger partial charge is 0.467 e. The molecular formula is C20H26N4O3. The van der Waals surface area contributed by atoms with Gasteiger partial charge in [-0.05, 0) is 55.2 Å². The minimum atomic E-state index is -0.420. The van der Waals surface area contributed by atoms with Crippen LogP contribution in [0.5, 0.6) is 0 Å². The summed E-state index contributed by atoms with van der Waals surface area (Å²) in [6.07, 6.45) is 3.97. The minimum absolute atomic E-state index is 0.101. The number of nitrogens with zero attached hydrogens (tertiary/aromatic N) is 1. The highest BCUT2D eigenvalue weighted by Crippen LogP contribution is 2.24. The lowest BCUT2D eigenvalue weighted by molar-refractivity contribution is -0.115. The van der Waals surface area contributed by atoms with Crippen LogP contribution in [0, 0.1) is 5.92 Å². The Morgan fingerprint density at radius 2 is 1.85 bits per heavy atom. The molecule has 7 heteroatoms. The Balaban J connectivity index is 1.39. The highest BCUT2D eigenvalue weighted by molar-refractivity contribution is 5.94. The van der Waals surface area contributed by atoms with Crippen LogP contribution < -0.4 is 20.9 Å². The van der Waals surface area contributed by atoms with E-state index in [0.717, 1.165) is 19.0 Å². The molecule has 1 fully saturated rings. The number of carbonyl (C=O) groups is 2. The van der Waals surface area contributed by atoms with Crippen LogP contribution in [-0.2, 0) is 11.3 Å². The van der Waals surface area contributed by atoms with Crippen LogP contribution in [0.1, 0.15) is 25.5 Å². The van der Waals surface area contributed by atoms with E-state index in [1.54, 1.807) is 18.4 Å². The normalized spacial score (nSPS) is 14.6. The molecule has 0 spiro atoms. The fraction of sp³-hybridized carbons (Fsp3) is 0.400. The van der Waals surface area contributed by atoms with Crippen LogP contribution in [0.2, 0.25) is 0 Å². The molecule has 27 heavy (non-hydrogen) atoms. The number of rotatable bonds is 6. The molecule has 1 saturated heterocycles. The van der Waals surface area contributed by atoms with Crippen molar-refractivity contribution in [2.24, 2.45) is 5.92 Å². The first-order valence-corrected chi connectivity index (χ1v) is 9.29. The summed E-state index contributed by atoms with van der Waals surface area (Å²) >= 11 is 0. The molecule has 1 aromatic carbocycles. The lowest BCUT2D eigenvalue weighted by atomic mass is 9.99. The van der Waals surface area contributed by atoms with Crippen molar-refractivity contribution in [1.29, 1.82) is 0 Å². The van der Waals surface area contributed by atoms with Crippen molar-refractivity contribution in [3.63, 3.8) is 0 Å². The first-order chi connectivity index (χ1) is 13.1. The molecule has 3 amide bonds. The van der Waals surface area contributed by atoms with Crippen molar-refractivity contribution in [3.05, 3.63) is 48.4 Å². The van der Waals surface area contributed by atoms with E-state index in [0.29, 0.717) is 11.4 Å². The van der Waals surface area contributed by atoms with Gasteiger partial charge in [-0.25, -0.2) is 4.79 Å². The summed E-state index contributed by atoms with van der Waals surface area (Å²) in [6, 6.07) is 10.9. The van der Waals surface area contributed by atoms with Gasteiger partial charge >= 0.3 is 6.03 Å². The van der Waals surface area contributed by atoms with Gasteiger partial charge in [0.15, 0.2) is 0 Å². The quantitative estimate of drug-likeness (QED) is 0.730. The summed E-state index contributed by atoms with van der Waals surface area (Å²) in [5.74, 6) is 1.17. The third kappa shape index (κ3) is 5.77. The summed E-state index contributed by atoms with van der Waals surface area (Å²) in [6.45, 7) is 4.61. The van der Waals surface area contributed by atoms with Gasteiger partial charge in [0, 0.05) is 24.5 Å². The maximum atomic E-state index is 12.0. The molecule has 0 radical (unpaired) electrons. The van der Waals surface area contributed by atoms with E-state index in [1.807, 2.05) is 24.3 Å². The molecule has 0 unspecified atom stereocenters. The SMILES string of the molecule is CC1CCN(c2ccc(NC(=O)CNC(=O)NCc3ccco3)cc2)CC1. The maximum Gasteiger partial charge on any atom is 0.315 e. The van der Waals surface area contributed by atoms with E-state index < -0.39 is 6.03 Å². The van der Waals surface area contributed by atoms with Crippen molar-refractivity contribution in [2.75, 3.05) is 29.9 Å². The van der Waals surface area contributed by atoms with Gasteiger partial charge in [-0.3, -0.25) is 4.79 Å². The van der Waals surface area contributed by atoms with Crippen LogP contribution in [0.25, 0.3) is 0 Å². The second-order valence-electron chi connectivity index (χ2n) is 6.88. The molecule has 144 valence electrons. The van der Waals surface area contributed by atoms with Gasteiger partial charge in [0.05, 0.1) is 19.4 Å². The molecule has 1 aromatic heterocycles. The summed E-state index contributed by atoms with van der Waals surface area (Å²) < 4.78 is 5.12. The van der Waals surface area contributed by atoms with Gasteiger partial charge in [0.2, 0.25) is 5.91 Å². The Labute approximate surface area is 159 Å². The van der Waals surface area contributed by atoms with Crippen molar-refractivity contribution in [1.82, 2.24) is 10.6 Å². The van der Waals surface area contributed by atoms with Crippen LogP contribution in [0.15, 0.2) is 47.1 Å². The van der Waals surface area contributed by atoms with Gasteiger partial charge in [0.1, 0.15) is 5.76 Å². The average Bonchev–Trinajstić information content (AvgIpc) is 3.20. The highest BCUT2D eigenvalue weighted by atomic mass is 16.3. The van der Waals surface area contributed by atoms with E-state index in [1.165, 1.54) is 18.5 Å². The molecule has 0 atom stereocenters. The summed E-state index contributed by atoms with van der Waals surface area (Å²) in [5, 5.41) is 7.93. The first kappa shape index (κ1) is 18.8. The molecule has 0 bridgehead atoms. The van der Waals surface area contributed by atoms with Crippen molar-refractivity contribution < 1.29 is 14.0 Å². The number of hydrogen-bond acceptors (Lipinski definition) is 4. The second-order valence-corrected chi connectivity index (χ2v) is 6.88. The Hall–Kier alpha value is -2.96. The van der Waals surface area contributed by atoms with E-state index in [4.69, 9.17) is 4.42 Å². The summed E-state index contributed by atoms with van der Waals surface area (Å²) in [4.78, 5) is 26.1. The molecule has 7 nitrogen and oxygen atoms in total. The number of nitrogens with one attached hydrogen (secondary N) is 3. The molecule has 0 aliphatic carbocycles. The predicted molar refractivity (Wildman–Crippen MR) is 105 cm³/mol. The lowest BCUT2D eigenvalue weighted by Crippen LogP contribution is -2.39. The van der Waals surface area contributed by atoms with E-state index in [9.17, 15) is 9.59 Å². The number of piperidine rings is 1. The topological polar surface area (TPSA) is 86.6 Å². The second kappa shape index (κ2) is 9.12. The smallest absolute Gasteiger partial charge is 0.315 e. The number of hydrogen-bond donors (Lipinski definition) is 3. The molecule has 1 aliphatic heterocycles. The van der Waals surface area contributed by atoms with Gasteiger partial charge in [-0.2, -0.15) is 0 Å². The predicted octanol–water partition coefficient (Wildman–Crippen LogP) is 2.95. The lowest BCUT2D eigenvalue weighted by Gasteiger charge is -2.32. The van der Waals surface area contributed by atoms with Crippen LogP contribution in [-0.4, -0.2) is 31.6 Å². The number of benzene rings is 1. The number of anilines is 2. The third-order valence-electron chi connectivity index (χ3n) is 4.71. The van der Waals surface area contributed by atoms with Gasteiger partial charge < -0.3 is 25.3 Å². The Morgan fingerprint density at radius 3 is 2.52 bits per heavy atom. The van der Waals surface area contributed by atoms with Crippen LogP contribution in [0.3, 0.4) is 0 Å². The zero-order valence-corrected chi connectivity index (χ0v) is 15.5. The van der Waals surface area contributed by atoms with Gasteiger partial charge in [0.25, 0.3) is 0 Å². The average molecular weight is 370 g/mol. The van der Waals surface area contributed by atoms with Gasteiger partial charge in [-0.1, -0.05) is 6.92 Å². The molecular weight excluding hydrogens is 344 g/mol. The van der Waals surface area contributed by atoms with Gasteiger partial charge in [-0.15, -0.1) is 0 Å². The zero-order valence-electron chi connectivity index (χ0n) is 15.5. The maximum absolute atomic E-state index is 12.0. The highest BCUT2D eigenvalue weighted by Gasteiger charge is 2.16. The number of amides is 3. The van der Waals surface area contributed by atoms with Crippen molar-refractivity contribution >= 4 is 23.3 Å². The molecule has 2 heterocycles. The van der Waals surface area contributed by atoms with Crippen LogP contribution in [0.4, 0.5) is 16.2 Å². The van der Waals surface area contributed by atoms with E-state index in [-0.39, 0.29) is 19.0 Å². The Bertz CT molecular complexity index is 735. The zero-order chi connectivity index (χ0) is 19.1. The Kier molecular flexibility index (Phi) is 6.35. The first-order valence-electron chi connectivity index (χ1n) is 9.29. The monoisotopic (exact) mass is 370 g/mol. The molecule has 1 aliphatic rings. The molecule has 2 aromatic rings. The molecule has 0 saturated carbocycles. The fourth-order valence-electron chi connectivity index (χ4n) is 3.03. The minimum Gasteiger partial charge on any atom is -0.467 e. The van der Waals surface area contributed by atoms with Crippen LogP contribution >= 0.6 is 0 Å². The van der Waals surface area contributed by atoms with E-state index >= 15 is 0 Å². The standard InChI is InChI=1S/C20H26N4O3/c1-15-8-10-24(11-9-15)17-6-4-16(5-7-17)23-19(25)14-22-20(26)21-13-18-3-2-12-27-18/h2-7,12,15H,8-11,13-14H2,1H3,(H,23,25)(H2,21,22,26). The summed E-state index contributed by atoms with van der Waals surface area (Å²) in [7, 11) is 0. The third-order valence-corrected chi connectivity index (χ3v) is 4.71. The van der Waals surface area contributed by atoms with Crippen molar-refractivity contribution in [2.45, 2.75) is 26.3 Å². The molecule has 3 N–H and O–H groups in total. The fourth-order valence-corrected chi connectivity index (χ4v) is 3.03. The van der Waals surface area contributed by atoms with E-state index in [2.05, 4.69) is 27.8 Å².